The molecule has 1 N–H and O–H groups in total. The molecule has 0 atom stereocenters. The molecule has 0 aromatic carbocycles. The van der Waals surface area contributed by atoms with Gasteiger partial charge in [0.25, 0.3) is 0 Å². The van der Waals surface area contributed by atoms with Crippen LogP contribution in [0.2, 0.25) is 0 Å². The Morgan fingerprint density at radius 1 is 1.42 bits per heavy atom. The van der Waals surface area contributed by atoms with Crippen LogP contribution in [0.3, 0.4) is 0 Å². The number of hydrogen-bond acceptors (Lipinski definition) is 3. The van der Waals surface area contributed by atoms with Gasteiger partial charge >= 0.3 is 0 Å². The molecule has 0 saturated heterocycles. The molecule has 0 aliphatic heterocycles. The fourth-order valence-corrected chi connectivity index (χ4v) is 2.49. The Labute approximate surface area is 115 Å². The lowest BCUT2D eigenvalue weighted by molar-refractivity contribution is 0.681. The van der Waals surface area contributed by atoms with Crippen molar-refractivity contribution < 1.29 is 0 Å². The minimum absolute atomic E-state index is 0.708. The Balaban J connectivity index is 1.82. The monoisotopic (exact) mass is 257 g/mol. The maximum atomic E-state index is 4.47. The van der Waals surface area contributed by atoms with Crippen LogP contribution in [0.1, 0.15) is 36.9 Å². The quantitative estimate of drug-likeness (QED) is 0.761. The first-order chi connectivity index (χ1) is 9.28. The molecule has 102 valence electrons. The Bertz CT molecular complexity index is 461. The van der Waals surface area contributed by atoms with Crippen molar-refractivity contribution in [2.45, 2.75) is 51.2 Å². The molecule has 2 aliphatic carbocycles. The number of hydrogen-bond donors (Lipinski definition) is 1. The number of nitrogens with one attached hydrogen (secondary N) is 1. The van der Waals surface area contributed by atoms with Gasteiger partial charge in [-0.15, -0.1) is 6.58 Å². The molecule has 1 heterocycles. The average molecular weight is 257 g/mol. The Hall–Kier alpha value is -1.35. The van der Waals surface area contributed by atoms with Gasteiger partial charge in [-0.25, -0.2) is 0 Å². The maximum Gasteiger partial charge on any atom is 0.0450 e. The van der Waals surface area contributed by atoms with Crippen molar-refractivity contribution >= 4 is 5.69 Å². The van der Waals surface area contributed by atoms with Gasteiger partial charge in [0.05, 0.1) is 0 Å². The first-order valence-corrected chi connectivity index (χ1v) is 7.34. The van der Waals surface area contributed by atoms with Crippen LogP contribution in [0.25, 0.3) is 0 Å². The van der Waals surface area contributed by atoms with E-state index in [-0.39, 0.29) is 0 Å². The summed E-state index contributed by atoms with van der Waals surface area (Å²) in [5.74, 6) is 0. The largest absolute Gasteiger partial charge is 0.364 e. The smallest absolute Gasteiger partial charge is 0.0450 e. The second-order valence-electron chi connectivity index (χ2n) is 5.78. The zero-order valence-electron chi connectivity index (χ0n) is 11.7. The first-order valence-electron chi connectivity index (χ1n) is 7.34. The number of aryl methyl sites for hydroxylation is 1. The van der Waals surface area contributed by atoms with Gasteiger partial charge in [-0.2, -0.15) is 0 Å². The highest BCUT2D eigenvalue weighted by molar-refractivity contribution is 5.56. The van der Waals surface area contributed by atoms with E-state index < -0.39 is 0 Å². The standard InChI is InChI=1S/C16H23N3/c1-3-8-19(15-6-7-15)16-9-12(2)17-10-13(16)11-18-14-4-5-14/h3,9-10,14-15,18H,1,4-8,11H2,2H3. The molecule has 2 fully saturated rings. The van der Waals surface area contributed by atoms with Crippen molar-refractivity contribution in [3.63, 3.8) is 0 Å². The lowest BCUT2D eigenvalue weighted by Crippen LogP contribution is -2.28. The normalized spacial score (nSPS) is 18.4. The van der Waals surface area contributed by atoms with Crippen molar-refractivity contribution in [3.05, 3.63) is 36.2 Å². The predicted octanol–water partition coefficient (Wildman–Crippen LogP) is 2.80. The summed E-state index contributed by atoms with van der Waals surface area (Å²) in [6, 6.07) is 3.67. The molecule has 2 aliphatic rings. The highest BCUT2D eigenvalue weighted by Crippen LogP contribution is 2.34. The summed E-state index contributed by atoms with van der Waals surface area (Å²) >= 11 is 0. The highest BCUT2D eigenvalue weighted by atomic mass is 15.2. The van der Waals surface area contributed by atoms with E-state index in [0.29, 0.717) is 6.04 Å². The van der Waals surface area contributed by atoms with Crippen molar-refractivity contribution in [2.75, 3.05) is 11.4 Å². The molecule has 1 aromatic rings. The highest BCUT2D eigenvalue weighted by Gasteiger charge is 2.30. The Kier molecular flexibility index (Phi) is 3.56. The summed E-state index contributed by atoms with van der Waals surface area (Å²) in [4.78, 5) is 6.96. The molecule has 0 spiro atoms. The summed E-state index contributed by atoms with van der Waals surface area (Å²) in [6.07, 6.45) is 9.32. The average Bonchev–Trinajstić information content (AvgIpc) is 3.28. The lowest BCUT2D eigenvalue weighted by atomic mass is 10.1. The summed E-state index contributed by atoms with van der Waals surface area (Å²) in [5, 5.41) is 3.60. The third kappa shape index (κ3) is 3.16. The van der Waals surface area contributed by atoms with E-state index in [1.54, 1.807) is 0 Å². The molecule has 3 nitrogen and oxygen atoms in total. The fourth-order valence-electron chi connectivity index (χ4n) is 2.49. The van der Waals surface area contributed by atoms with E-state index in [4.69, 9.17) is 0 Å². The van der Waals surface area contributed by atoms with Crippen LogP contribution in [0, 0.1) is 6.92 Å². The van der Waals surface area contributed by atoms with Gasteiger partial charge in [-0.05, 0) is 38.7 Å². The topological polar surface area (TPSA) is 28.2 Å². The van der Waals surface area contributed by atoms with Crippen molar-refractivity contribution in [2.24, 2.45) is 0 Å². The molecule has 1 aromatic heterocycles. The van der Waals surface area contributed by atoms with Crippen LogP contribution in [0.5, 0.6) is 0 Å². The number of nitrogens with zero attached hydrogens (tertiary/aromatic N) is 2. The van der Waals surface area contributed by atoms with E-state index >= 15 is 0 Å². The van der Waals surface area contributed by atoms with Crippen LogP contribution in [0.15, 0.2) is 24.9 Å². The van der Waals surface area contributed by atoms with Crippen LogP contribution in [-0.4, -0.2) is 23.6 Å². The second kappa shape index (κ2) is 5.33. The molecule has 0 amide bonds. The van der Waals surface area contributed by atoms with Crippen molar-refractivity contribution in [1.29, 1.82) is 0 Å². The minimum atomic E-state index is 0.708. The molecule has 3 heteroatoms. The van der Waals surface area contributed by atoms with Crippen molar-refractivity contribution in [3.8, 4) is 0 Å². The number of pyridine rings is 1. The Morgan fingerprint density at radius 3 is 2.84 bits per heavy atom. The van der Waals surface area contributed by atoms with E-state index in [2.05, 4.69) is 34.8 Å². The molecule has 19 heavy (non-hydrogen) atoms. The third-order valence-electron chi connectivity index (χ3n) is 3.88. The Morgan fingerprint density at radius 2 is 2.21 bits per heavy atom. The first kappa shape index (κ1) is 12.7. The van der Waals surface area contributed by atoms with Crippen LogP contribution in [0.4, 0.5) is 5.69 Å². The molecule has 0 bridgehead atoms. The van der Waals surface area contributed by atoms with Gasteiger partial charge in [-0.1, -0.05) is 6.08 Å². The lowest BCUT2D eigenvalue weighted by Gasteiger charge is -2.26. The van der Waals surface area contributed by atoms with E-state index in [0.717, 1.165) is 24.8 Å². The number of aromatic nitrogens is 1. The zero-order chi connectivity index (χ0) is 13.2. The van der Waals surface area contributed by atoms with Crippen LogP contribution >= 0.6 is 0 Å². The van der Waals surface area contributed by atoms with Gasteiger partial charge in [0.15, 0.2) is 0 Å². The summed E-state index contributed by atoms with van der Waals surface area (Å²) in [5.41, 5.74) is 3.77. The minimum Gasteiger partial charge on any atom is -0.364 e. The van der Waals surface area contributed by atoms with Gasteiger partial charge in [-0.3, -0.25) is 4.98 Å². The fraction of sp³-hybridized carbons (Fsp3) is 0.562. The summed E-state index contributed by atoms with van der Waals surface area (Å²) < 4.78 is 0. The molecular weight excluding hydrogens is 234 g/mol. The van der Waals surface area contributed by atoms with Gasteiger partial charge in [0, 0.05) is 48.3 Å². The third-order valence-corrected chi connectivity index (χ3v) is 3.88. The van der Waals surface area contributed by atoms with Crippen LogP contribution in [-0.2, 0) is 6.54 Å². The predicted molar refractivity (Wildman–Crippen MR) is 79.4 cm³/mol. The van der Waals surface area contributed by atoms with Crippen molar-refractivity contribution in [1.82, 2.24) is 10.3 Å². The van der Waals surface area contributed by atoms with Gasteiger partial charge < -0.3 is 10.2 Å². The molecule has 0 unspecified atom stereocenters. The second-order valence-corrected chi connectivity index (χ2v) is 5.78. The van der Waals surface area contributed by atoms with E-state index in [9.17, 15) is 0 Å². The number of rotatable bonds is 7. The molecular formula is C16H23N3. The SMILES string of the molecule is C=CCN(c1cc(C)ncc1CNC1CC1)C1CC1. The van der Waals surface area contributed by atoms with E-state index in [1.165, 1.54) is 36.9 Å². The van der Waals surface area contributed by atoms with Gasteiger partial charge in [0.1, 0.15) is 0 Å². The molecule has 3 rings (SSSR count). The zero-order valence-corrected chi connectivity index (χ0v) is 11.7. The maximum absolute atomic E-state index is 4.47. The molecule has 2 saturated carbocycles. The summed E-state index contributed by atoms with van der Waals surface area (Å²) in [6.45, 7) is 7.84. The number of anilines is 1. The van der Waals surface area contributed by atoms with Gasteiger partial charge in [0.2, 0.25) is 0 Å². The van der Waals surface area contributed by atoms with Crippen LogP contribution < -0.4 is 10.2 Å². The summed E-state index contributed by atoms with van der Waals surface area (Å²) in [7, 11) is 0. The molecule has 0 radical (unpaired) electrons. The van der Waals surface area contributed by atoms with E-state index in [1.807, 2.05) is 12.3 Å².